The number of amides is 1. The van der Waals surface area contributed by atoms with Gasteiger partial charge in [-0.3, -0.25) is 4.79 Å². The van der Waals surface area contributed by atoms with Crippen LogP contribution in [0.25, 0.3) is 0 Å². The van der Waals surface area contributed by atoms with Crippen LogP contribution in [-0.4, -0.2) is 41.8 Å². The fourth-order valence-electron chi connectivity index (χ4n) is 1.58. The third-order valence-electron chi connectivity index (χ3n) is 2.55. The summed E-state index contributed by atoms with van der Waals surface area (Å²) in [4.78, 5) is 22.9. The molecular formula is C13H17NO5. The Labute approximate surface area is 111 Å². The van der Waals surface area contributed by atoms with Gasteiger partial charge in [0.15, 0.2) is 0 Å². The predicted octanol–water partition coefficient (Wildman–Crippen LogP) is 1.00. The largest absolute Gasteiger partial charge is 0.508 e. The summed E-state index contributed by atoms with van der Waals surface area (Å²) in [5.74, 6) is -1.66. The molecule has 1 rings (SSSR count). The molecule has 6 heteroatoms. The number of phenols is 1. The lowest BCUT2D eigenvalue weighted by atomic mass is 10.1. The Morgan fingerprint density at radius 3 is 2.74 bits per heavy atom. The molecule has 1 aromatic rings. The van der Waals surface area contributed by atoms with Crippen LogP contribution >= 0.6 is 0 Å². The molecule has 0 radical (unpaired) electrons. The first-order valence-corrected chi connectivity index (χ1v) is 5.86. The molecule has 6 nitrogen and oxygen atoms in total. The van der Waals surface area contributed by atoms with E-state index in [4.69, 9.17) is 9.84 Å². The van der Waals surface area contributed by atoms with Gasteiger partial charge in [-0.2, -0.15) is 0 Å². The number of hydrogen-bond donors (Lipinski definition) is 3. The topological polar surface area (TPSA) is 95.9 Å². The van der Waals surface area contributed by atoms with Gasteiger partial charge in [0, 0.05) is 19.3 Å². The van der Waals surface area contributed by atoms with Crippen molar-refractivity contribution in [2.75, 3.05) is 13.7 Å². The van der Waals surface area contributed by atoms with E-state index < -0.39 is 17.9 Å². The van der Waals surface area contributed by atoms with Crippen LogP contribution in [0.4, 0.5) is 0 Å². The maximum atomic E-state index is 11.8. The van der Waals surface area contributed by atoms with Crippen molar-refractivity contribution in [2.24, 2.45) is 0 Å². The zero-order chi connectivity index (χ0) is 14.3. The van der Waals surface area contributed by atoms with Gasteiger partial charge in [0.1, 0.15) is 11.8 Å². The molecule has 0 aliphatic heterocycles. The molecule has 0 aliphatic carbocycles. The van der Waals surface area contributed by atoms with Gasteiger partial charge in [-0.15, -0.1) is 0 Å². The van der Waals surface area contributed by atoms with E-state index in [0.717, 1.165) is 0 Å². The zero-order valence-electron chi connectivity index (χ0n) is 10.6. The SMILES string of the molecule is COCCCC(NC(=O)c1cccc(O)c1)C(=O)O. The molecule has 1 unspecified atom stereocenters. The number of ether oxygens (including phenoxy) is 1. The van der Waals surface area contributed by atoms with Gasteiger partial charge >= 0.3 is 5.97 Å². The van der Waals surface area contributed by atoms with Crippen LogP contribution in [-0.2, 0) is 9.53 Å². The van der Waals surface area contributed by atoms with Crippen molar-refractivity contribution < 1.29 is 24.5 Å². The van der Waals surface area contributed by atoms with E-state index in [1.54, 1.807) is 0 Å². The van der Waals surface area contributed by atoms with Crippen LogP contribution in [0.2, 0.25) is 0 Å². The second-order valence-corrected chi connectivity index (χ2v) is 4.05. The van der Waals surface area contributed by atoms with Crippen molar-refractivity contribution in [3.8, 4) is 5.75 Å². The predicted molar refractivity (Wildman–Crippen MR) is 68.1 cm³/mol. The van der Waals surface area contributed by atoms with Crippen LogP contribution in [0.3, 0.4) is 0 Å². The quantitative estimate of drug-likeness (QED) is 0.640. The third-order valence-corrected chi connectivity index (χ3v) is 2.55. The lowest BCUT2D eigenvalue weighted by Crippen LogP contribution is -2.40. The first-order chi connectivity index (χ1) is 9.04. The third kappa shape index (κ3) is 4.97. The summed E-state index contributed by atoms with van der Waals surface area (Å²) in [5.41, 5.74) is 0.220. The number of carboxylic acids is 1. The molecule has 0 heterocycles. The van der Waals surface area contributed by atoms with Gasteiger partial charge in [-0.25, -0.2) is 4.79 Å². The average molecular weight is 267 g/mol. The first kappa shape index (κ1) is 15.0. The lowest BCUT2D eigenvalue weighted by Gasteiger charge is -2.14. The molecule has 0 spiro atoms. The van der Waals surface area contributed by atoms with Crippen LogP contribution < -0.4 is 5.32 Å². The highest BCUT2D eigenvalue weighted by Gasteiger charge is 2.20. The highest BCUT2D eigenvalue weighted by Crippen LogP contribution is 2.11. The summed E-state index contributed by atoms with van der Waals surface area (Å²) in [6.45, 7) is 0.436. The first-order valence-electron chi connectivity index (χ1n) is 5.86. The minimum Gasteiger partial charge on any atom is -0.508 e. The summed E-state index contributed by atoms with van der Waals surface area (Å²) < 4.78 is 4.84. The minimum absolute atomic E-state index is 0.0427. The van der Waals surface area contributed by atoms with Crippen molar-refractivity contribution in [3.63, 3.8) is 0 Å². The standard InChI is InChI=1S/C13H17NO5/c1-19-7-3-6-11(13(17)18)14-12(16)9-4-2-5-10(15)8-9/h2,4-5,8,11,15H,3,6-7H2,1H3,(H,14,16)(H,17,18). The number of aliphatic carboxylic acids is 1. The van der Waals surface area contributed by atoms with Gasteiger partial charge in [0.05, 0.1) is 0 Å². The number of carbonyl (C=O) groups excluding carboxylic acids is 1. The smallest absolute Gasteiger partial charge is 0.326 e. The van der Waals surface area contributed by atoms with E-state index in [-0.39, 0.29) is 17.7 Å². The second kappa shape index (κ2) is 7.38. The Bertz CT molecular complexity index is 446. The fourth-order valence-corrected chi connectivity index (χ4v) is 1.58. The van der Waals surface area contributed by atoms with Crippen molar-refractivity contribution >= 4 is 11.9 Å². The summed E-state index contributed by atoms with van der Waals surface area (Å²) in [6, 6.07) is 4.77. The summed E-state index contributed by atoms with van der Waals surface area (Å²) in [6.07, 6.45) is 0.821. The molecule has 19 heavy (non-hydrogen) atoms. The van der Waals surface area contributed by atoms with Crippen molar-refractivity contribution in [2.45, 2.75) is 18.9 Å². The van der Waals surface area contributed by atoms with Crippen molar-refractivity contribution in [1.82, 2.24) is 5.32 Å². The summed E-state index contributed by atoms with van der Waals surface area (Å²) in [7, 11) is 1.53. The van der Waals surface area contributed by atoms with E-state index in [9.17, 15) is 14.7 Å². The van der Waals surface area contributed by atoms with Crippen LogP contribution in [0.15, 0.2) is 24.3 Å². The van der Waals surface area contributed by atoms with E-state index in [2.05, 4.69) is 5.32 Å². The molecule has 0 aliphatic rings. The van der Waals surface area contributed by atoms with Gasteiger partial charge in [-0.05, 0) is 31.0 Å². The van der Waals surface area contributed by atoms with Gasteiger partial charge in [-0.1, -0.05) is 6.07 Å². The van der Waals surface area contributed by atoms with Gasteiger partial charge < -0.3 is 20.3 Å². The Morgan fingerprint density at radius 1 is 1.42 bits per heavy atom. The van der Waals surface area contributed by atoms with E-state index >= 15 is 0 Å². The second-order valence-electron chi connectivity index (χ2n) is 4.05. The van der Waals surface area contributed by atoms with E-state index in [1.807, 2.05) is 0 Å². The molecule has 0 bridgehead atoms. The lowest BCUT2D eigenvalue weighted by molar-refractivity contribution is -0.139. The van der Waals surface area contributed by atoms with Gasteiger partial charge in [0.2, 0.25) is 0 Å². The fraction of sp³-hybridized carbons (Fsp3) is 0.385. The number of aromatic hydroxyl groups is 1. The monoisotopic (exact) mass is 267 g/mol. The van der Waals surface area contributed by atoms with E-state index in [0.29, 0.717) is 13.0 Å². The van der Waals surface area contributed by atoms with Crippen LogP contribution in [0.5, 0.6) is 5.75 Å². The number of methoxy groups -OCH3 is 1. The number of rotatable bonds is 7. The minimum atomic E-state index is -1.09. The maximum absolute atomic E-state index is 11.8. The number of phenolic OH excluding ortho intramolecular Hbond substituents is 1. The van der Waals surface area contributed by atoms with Crippen LogP contribution in [0.1, 0.15) is 23.2 Å². The van der Waals surface area contributed by atoms with Gasteiger partial charge in [0.25, 0.3) is 5.91 Å². The highest BCUT2D eigenvalue weighted by molar-refractivity contribution is 5.96. The highest BCUT2D eigenvalue weighted by atomic mass is 16.5. The molecular weight excluding hydrogens is 250 g/mol. The number of nitrogens with one attached hydrogen (secondary N) is 1. The molecule has 1 amide bonds. The van der Waals surface area contributed by atoms with E-state index in [1.165, 1.54) is 31.4 Å². The Balaban J connectivity index is 2.63. The Kier molecular flexibility index (Phi) is 5.81. The molecule has 0 fully saturated rings. The number of benzene rings is 1. The number of carboxylic acid groups (broad SMARTS) is 1. The normalized spacial score (nSPS) is 11.8. The summed E-state index contributed by atoms with van der Waals surface area (Å²) in [5, 5.41) is 20.7. The van der Waals surface area contributed by atoms with Crippen LogP contribution in [0, 0.1) is 0 Å². The Hall–Kier alpha value is -2.08. The molecule has 3 N–H and O–H groups in total. The summed E-state index contributed by atoms with van der Waals surface area (Å²) >= 11 is 0. The molecule has 1 aromatic carbocycles. The average Bonchev–Trinajstić information content (AvgIpc) is 2.37. The number of carbonyl (C=O) groups is 2. The molecule has 1 atom stereocenters. The van der Waals surface area contributed by atoms with Crippen molar-refractivity contribution in [3.05, 3.63) is 29.8 Å². The molecule has 0 saturated heterocycles. The molecule has 0 saturated carbocycles. The Morgan fingerprint density at radius 2 is 2.16 bits per heavy atom. The molecule has 0 aromatic heterocycles. The zero-order valence-corrected chi connectivity index (χ0v) is 10.6. The maximum Gasteiger partial charge on any atom is 0.326 e. The number of hydrogen-bond acceptors (Lipinski definition) is 4. The van der Waals surface area contributed by atoms with Crippen molar-refractivity contribution in [1.29, 1.82) is 0 Å². The molecule has 104 valence electrons.